The fraction of sp³-hybridized carbons (Fsp3) is 0.278. The molecule has 6 heteroatoms. The summed E-state index contributed by atoms with van der Waals surface area (Å²) in [4.78, 5) is 39.0. The van der Waals surface area contributed by atoms with Crippen molar-refractivity contribution in [3.05, 3.63) is 41.5 Å². The Labute approximate surface area is 139 Å². The number of carbonyl (C=O) groups excluding carboxylic acids is 2. The van der Waals surface area contributed by atoms with Crippen LogP contribution in [0, 0.1) is 5.92 Å². The van der Waals surface area contributed by atoms with Crippen LogP contribution < -0.4 is 4.90 Å². The van der Waals surface area contributed by atoms with Gasteiger partial charge in [-0.2, -0.15) is 0 Å². The molecule has 1 aliphatic heterocycles. The lowest BCUT2D eigenvalue weighted by molar-refractivity contribution is -0.141. The molecule has 0 aromatic heterocycles. The third-order valence-electron chi connectivity index (χ3n) is 4.31. The van der Waals surface area contributed by atoms with Gasteiger partial charge in [0.05, 0.1) is 17.0 Å². The number of benzene rings is 2. The molecule has 0 aliphatic carbocycles. The molecule has 1 aliphatic rings. The van der Waals surface area contributed by atoms with E-state index in [0.717, 1.165) is 21.4 Å². The summed E-state index contributed by atoms with van der Waals surface area (Å²) in [7, 11) is 3.86. The zero-order valence-electron chi connectivity index (χ0n) is 13.7. The van der Waals surface area contributed by atoms with Crippen LogP contribution in [-0.4, -0.2) is 48.4 Å². The molecule has 2 aromatic rings. The number of carbonyl (C=O) groups is 3. The van der Waals surface area contributed by atoms with Crippen molar-refractivity contribution in [2.24, 2.45) is 5.92 Å². The van der Waals surface area contributed by atoms with Gasteiger partial charge < -0.3 is 10.0 Å². The number of carboxylic acid groups (broad SMARTS) is 1. The SMILES string of the molecule is C[C@@H](CN1C(=O)c2cc3ccc(N(C)C)cc3cc2C1=O)C(=O)O. The van der Waals surface area contributed by atoms with Crippen molar-refractivity contribution in [3.8, 4) is 0 Å². The number of anilines is 1. The van der Waals surface area contributed by atoms with Gasteiger partial charge in [-0.3, -0.25) is 19.3 Å². The van der Waals surface area contributed by atoms with E-state index in [-0.39, 0.29) is 6.54 Å². The molecule has 0 radical (unpaired) electrons. The fourth-order valence-corrected chi connectivity index (χ4v) is 2.82. The van der Waals surface area contributed by atoms with E-state index in [1.807, 2.05) is 37.2 Å². The van der Waals surface area contributed by atoms with Gasteiger partial charge in [0, 0.05) is 26.3 Å². The van der Waals surface area contributed by atoms with Gasteiger partial charge in [0.15, 0.2) is 0 Å². The maximum Gasteiger partial charge on any atom is 0.308 e. The predicted octanol–water partition coefficient (Wildman–Crippen LogP) is 2.22. The van der Waals surface area contributed by atoms with Crippen molar-refractivity contribution >= 4 is 34.2 Å². The van der Waals surface area contributed by atoms with E-state index in [1.165, 1.54) is 6.92 Å². The predicted molar refractivity (Wildman–Crippen MR) is 90.4 cm³/mol. The van der Waals surface area contributed by atoms with Gasteiger partial charge in [-0.25, -0.2) is 0 Å². The average molecular weight is 326 g/mol. The number of nitrogens with zero attached hydrogens (tertiary/aromatic N) is 2. The van der Waals surface area contributed by atoms with Gasteiger partial charge in [0.1, 0.15) is 0 Å². The molecule has 0 unspecified atom stereocenters. The van der Waals surface area contributed by atoms with E-state index < -0.39 is 23.7 Å². The van der Waals surface area contributed by atoms with Crippen molar-refractivity contribution in [1.82, 2.24) is 4.90 Å². The summed E-state index contributed by atoms with van der Waals surface area (Å²) in [5.74, 6) is -2.70. The van der Waals surface area contributed by atoms with Crippen LogP contribution in [0.15, 0.2) is 30.3 Å². The zero-order chi connectivity index (χ0) is 17.6. The Hall–Kier alpha value is -2.89. The number of carboxylic acids is 1. The second kappa shape index (κ2) is 5.63. The molecule has 0 saturated heterocycles. The van der Waals surface area contributed by atoms with E-state index in [0.29, 0.717) is 11.1 Å². The Kier molecular flexibility index (Phi) is 3.75. The first-order chi connectivity index (χ1) is 11.3. The topological polar surface area (TPSA) is 77.9 Å². The molecule has 24 heavy (non-hydrogen) atoms. The summed E-state index contributed by atoms with van der Waals surface area (Å²) in [5.41, 5.74) is 1.67. The highest BCUT2D eigenvalue weighted by atomic mass is 16.4. The molecule has 3 rings (SSSR count). The first kappa shape index (κ1) is 16.0. The van der Waals surface area contributed by atoms with Gasteiger partial charge >= 0.3 is 5.97 Å². The number of hydrogen-bond acceptors (Lipinski definition) is 4. The van der Waals surface area contributed by atoms with Crippen LogP contribution >= 0.6 is 0 Å². The molecule has 2 aromatic carbocycles. The summed E-state index contributed by atoms with van der Waals surface area (Å²) in [6.07, 6.45) is 0. The summed E-state index contributed by atoms with van der Waals surface area (Å²) in [6.45, 7) is 1.35. The van der Waals surface area contributed by atoms with Crippen molar-refractivity contribution in [3.63, 3.8) is 0 Å². The highest BCUT2D eigenvalue weighted by Gasteiger charge is 2.37. The molecular weight excluding hydrogens is 308 g/mol. The second-order valence-corrected chi connectivity index (χ2v) is 6.28. The number of amides is 2. The quantitative estimate of drug-likeness (QED) is 0.872. The Bertz CT molecular complexity index is 873. The van der Waals surface area contributed by atoms with E-state index in [4.69, 9.17) is 5.11 Å². The molecule has 2 amide bonds. The summed E-state index contributed by atoms with van der Waals surface area (Å²) >= 11 is 0. The normalized spacial score (nSPS) is 14.9. The lowest BCUT2D eigenvalue weighted by Gasteiger charge is -2.16. The lowest BCUT2D eigenvalue weighted by atomic mass is 10.0. The minimum Gasteiger partial charge on any atom is -0.481 e. The monoisotopic (exact) mass is 326 g/mol. The summed E-state index contributed by atoms with van der Waals surface area (Å²) in [6, 6.07) is 9.22. The van der Waals surface area contributed by atoms with Crippen LogP contribution in [0.1, 0.15) is 27.6 Å². The molecular formula is C18H18N2O4. The number of hydrogen-bond donors (Lipinski definition) is 1. The van der Waals surface area contributed by atoms with Crippen molar-refractivity contribution in [2.45, 2.75) is 6.92 Å². The van der Waals surface area contributed by atoms with Crippen molar-refractivity contribution in [1.29, 1.82) is 0 Å². The molecule has 0 bridgehead atoms. The average Bonchev–Trinajstić information content (AvgIpc) is 2.76. The van der Waals surface area contributed by atoms with E-state index in [9.17, 15) is 14.4 Å². The van der Waals surface area contributed by atoms with Crippen LogP contribution in [0.2, 0.25) is 0 Å². The van der Waals surface area contributed by atoms with Gasteiger partial charge in [-0.15, -0.1) is 0 Å². The van der Waals surface area contributed by atoms with Crippen LogP contribution in [0.5, 0.6) is 0 Å². The molecule has 0 saturated carbocycles. The van der Waals surface area contributed by atoms with E-state index in [2.05, 4.69) is 0 Å². The molecule has 1 heterocycles. The largest absolute Gasteiger partial charge is 0.481 e. The van der Waals surface area contributed by atoms with Crippen LogP contribution in [0.25, 0.3) is 10.8 Å². The zero-order valence-corrected chi connectivity index (χ0v) is 13.7. The van der Waals surface area contributed by atoms with Crippen molar-refractivity contribution in [2.75, 3.05) is 25.5 Å². The van der Waals surface area contributed by atoms with E-state index >= 15 is 0 Å². The van der Waals surface area contributed by atoms with Gasteiger partial charge in [-0.1, -0.05) is 13.0 Å². The maximum absolute atomic E-state index is 12.5. The number of imide groups is 1. The Morgan fingerprint density at radius 3 is 2.21 bits per heavy atom. The van der Waals surface area contributed by atoms with Gasteiger partial charge in [0.25, 0.3) is 11.8 Å². The smallest absolute Gasteiger partial charge is 0.308 e. The number of aliphatic carboxylic acids is 1. The maximum atomic E-state index is 12.5. The first-order valence-corrected chi connectivity index (χ1v) is 7.63. The molecule has 124 valence electrons. The van der Waals surface area contributed by atoms with Crippen LogP contribution in [0.4, 0.5) is 5.69 Å². The third-order valence-corrected chi connectivity index (χ3v) is 4.31. The van der Waals surface area contributed by atoms with Crippen LogP contribution in [-0.2, 0) is 4.79 Å². The Balaban J connectivity index is 2.04. The van der Waals surface area contributed by atoms with E-state index in [1.54, 1.807) is 12.1 Å². The number of fused-ring (bicyclic) bond motifs is 2. The van der Waals surface area contributed by atoms with Gasteiger partial charge in [0.2, 0.25) is 0 Å². The molecule has 1 N–H and O–H groups in total. The third kappa shape index (κ3) is 2.50. The van der Waals surface area contributed by atoms with Crippen molar-refractivity contribution < 1.29 is 19.5 Å². The van der Waals surface area contributed by atoms with Crippen LogP contribution in [0.3, 0.4) is 0 Å². The Morgan fingerprint density at radius 1 is 1.08 bits per heavy atom. The summed E-state index contributed by atoms with van der Waals surface area (Å²) < 4.78 is 0. The molecule has 0 spiro atoms. The minimum atomic E-state index is -1.03. The fourth-order valence-electron chi connectivity index (χ4n) is 2.82. The second-order valence-electron chi connectivity index (χ2n) is 6.28. The highest BCUT2D eigenvalue weighted by Crippen LogP contribution is 2.30. The molecule has 0 fully saturated rings. The minimum absolute atomic E-state index is 0.124. The van der Waals surface area contributed by atoms with Gasteiger partial charge in [-0.05, 0) is 35.0 Å². The number of rotatable bonds is 4. The first-order valence-electron chi connectivity index (χ1n) is 7.63. The summed E-state index contributed by atoms with van der Waals surface area (Å²) in [5, 5.41) is 10.8. The molecule has 6 nitrogen and oxygen atoms in total. The standard InChI is InChI=1S/C18H18N2O4/c1-10(18(23)24)9-20-16(21)14-7-11-4-5-13(19(2)3)6-12(11)8-15(14)17(20)22/h4-8,10H,9H2,1-3H3,(H,23,24)/t10-/m0/s1. The Morgan fingerprint density at radius 2 is 1.67 bits per heavy atom. The highest BCUT2D eigenvalue weighted by molar-refractivity contribution is 6.23. The lowest BCUT2D eigenvalue weighted by Crippen LogP contribution is -2.36. The molecule has 1 atom stereocenters.